The molecular weight excluding hydrogens is 321 g/mol. The first-order valence-corrected chi connectivity index (χ1v) is 8.16. The van der Waals surface area contributed by atoms with E-state index in [9.17, 15) is 9.18 Å². The highest BCUT2D eigenvalue weighted by Crippen LogP contribution is 2.30. The molecule has 0 radical (unpaired) electrons. The summed E-state index contributed by atoms with van der Waals surface area (Å²) in [6.07, 6.45) is 2.90. The maximum atomic E-state index is 13.8. The molecule has 1 fully saturated rings. The minimum absolute atomic E-state index is 0.0387. The summed E-state index contributed by atoms with van der Waals surface area (Å²) in [6.45, 7) is 0.462. The van der Waals surface area contributed by atoms with Crippen molar-refractivity contribution >= 4 is 5.91 Å². The van der Waals surface area contributed by atoms with E-state index in [4.69, 9.17) is 5.26 Å². The fourth-order valence-electron chi connectivity index (χ4n) is 3.34. The summed E-state index contributed by atoms with van der Waals surface area (Å²) in [7, 11) is 3.66. The van der Waals surface area contributed by atoms with Crippen LogP contribution in [0.1, 0.15) is 35.7 Å². The molecule has 1 amide bonds. The third kappa shape index (κ3) is 3.39. The molecule has 2 aromatic rings. The lowest BCUT2D eigenvalue weighted by Gasteiger charge is -2.39. The number of hydrogen-bond donors (Lipinski definition) is 1. The average Bonchev–Trinajstić information content (AvgIpc) is 3.01. The van der Waals surface area contributed by atoms with Gasteiger partial charge in [-0.25, -0.2) is 4.39 Å². The van der Waals surface area contributed by atoms with Gasteiger partial charge in [0, 0.05) is 39.3 Å². The lowest BCUT2D eigenvalue weighted by molar-refractivity contribution is -0.136. The number of amides is 1. The van der Waals surface area contributed by atoms with Gasteiger partial charge in [-0.05, 0) is 30.2 Å². The van der Waals surface area contributed by atoms with Gasteiger partial charge in [-0.3, -0.25) is 9.48 Å². The number of aryl methyl sites for hydroxylation is 1. The number of halogens is 1. The lowest BCUT2D eigenvalue weighted by atomic mass is 9.93. The Balaban J connectivity index is 1.78. The second-order valence-corrected chi connectivity index (χ2v) is 6.28. The number of likely N-dealkylation sites (tertiary alicyclic amines) is 1. The Morgan fingerprint density at radius 3 is 2.84 bits per heavy atom. The number of rotatable bonds is 4. The minimum atomic E-state index is -0.513. The van der Waals surface area contributed by atoms with Crippen LogP contribution in [0.4, 0.5) is 4.39 Å². The molecule has 130 valence electrons. The molecule has 2 atom stereocenters. The predicted octanol–water partition coefficient (Wildman–Crippen LogP) is 1.88. The highest BCUT2D eigenvalue weighted by molar-refractivity contribution is 5.77. The number of piperidine rings is 1. The Bertz CT molecular complexity index is 825. The number of carbonyl (C=O) groups excluding carboxylic acids is 1. The summed E-state index contributed by atoms with van der Waals surface area (Å²) in [5.74, 6) is -0.408. The van der Waals surface area contributed by atoms with Crippen LogP contribution in [0.3, 0.4) is 0 Å². The first-order valence-electron chi connectivity index (χ1n) is 8.16. The molecule has 1 aromatic carbocycles. The van der Waals surface area contributed by atoms with Crippen LogP contribution in [0.2, 0.25) is 0 Å². The highest BCUT2D eigenvalue weighted by atomic mass is 19.1. The zero-order valence-electron chi connectivity index (χ0n) is 14.2. The largest absolute Gasteiger partial charge is 0.336 e. The molecule has 25 heavy (non-hydrogen) atoms. The molecule has 0 saturated carbocycles. The SMILES string of the molecule is CN1C(=O)CC[C@@H](NCc2ccc(C#N)c(F)c2)[C@@H]1c1ccnn1C. The van der Waals surface area contributed by atoms with E-state index in [0.717, 1.165) is 11.3 Å². The Hall–Kier alpha value is -2.72. The molecule has 6 nitrogen and oxygen atoms in total. The molecule has 1 aliphatic heterocycles. The summed E-state index contributed by atoms with van der Waals surface area (Å²) in [6, 6.07) is 8.25. The van der Waals surface area contributed by atoms with Crippen LogP contribution < -0.4 is 5.32 Å². The van der Waals surface area contributed by atoms with E-state index in [-0.39, 0.29) is 23.6 Å². The van der Waals surface area contributed by atoms with E-state index in [1.807, 2.05) is 19.2 Å². The fourth-order valence-corrected chi connectivity index (χ4v) is 3.34. The molecule has 0 aliphatic carbocycles. The zero-order chi connectivity index (χ0) is 18.0. The van der Waals surface area contributed by atoms with Crippen LogP contribution in [-0.4, -0.2) is 33.7 Å². The zero-order valence-corrected chi connectivity index (χ0v) is 14.2. The van der Waals surface area contributed by atoms with E-state index in [2.05, 4.69) is 10.4 Å². The number of nitrogens with zero attached hydrogens (tertiary/aromatic N) is 4. The molecular formula is C18H20FN5O. The van der Waals surface area contributed by atoms with Gasteiger partial charge >= 0.3 is 0 Å². The Labute approximate surface area is 145 Å². The maximum Gasteiger partial charge on any atom is 0.222 e. The molecule has 1 N–H and O–H groups in total. The summed E-state index contributed by atoms with van der Waals surface area (Å²) >= 11 is 0. The number of benzene rings is 1. The van der Waals surface area contributed by atoms with Crippen LogP contribution in [-0.2, 0) is 18.4 Å². The molecule has 3 rings (SSSR count). The molecule has 2 heterocycles. The fraction of sp³-hybridized carbons (Fsp3) is 0.389. The van der Waals surface area contributed by atoms with Crippen LogP contribution >= 0.6 is 0 Å². The second kappa shape index (κ2) is 7.03. The van der Waals surface area contributed by atoms with Gasteiger partial charge in [0.15, 0.2) is 0 Å². The standard InChI is InChI=1S/C18H20FN5O/c1-23-17(25)6-5-15(18(23)16-7-8-22-24(16)2)21-11-12-3-4-13(10-20)14(19)9-12/h3-4,7-9,15,18,21H,5-6,11H2,1-2H3/t15-,18-/m1/s1. The number of nitrogens with one attached hydrogen (secondary N) is 1. The Morgan fingerprint density at radius 2 is 2.20 bits per heavy atom. The molecule has 1 saturated heterocycles. The van der Waals surface area contributed by atoms with E-state index in [0.29, 0.717) is 19.4 Å². The highest BCUT2D eigenvalue weighted by Gasteiger charge is 2.35. The van der Waals surface area contributed by atoms with Gasteiger partial charge in [-0.1, -0.05) is 6.07 Å². The van der Waals surface area contributed by atoms with E-state index in [1.54, 1.807) is 28.9 Å². The first-order chi connectivity index (χ1) is 12.0. The lowest BCUT2D eigenvalue weighted by Crippen LogP contribution is -2.49. The Morgan fingerprint density at radius 1 is 1.40 bits per heavy atom. The van der Waals surface area contributed by atoms with Crippen molar-refractivity contribution in [2.75, 3.05) is 7.05 Å². The van der Waals surface area contributed by atoms with E-state index < -0.39 is 5.82 Å². The number of carbonyl (C=O) groups is 1. The third-order valence-electron chi connectivity index (χ3n) is 4.75. The smallest absolute Gasteiger partial charge is 0.222 e. The van der Waals surface area contributed by atoms with Gasteiger partial charge in [0.2, 0.25) is 5.91 Å². The van der Waals surface area contributed by atoms with Crippen molar-refractivity contribution in [1.29, 1.82) is 5.26 Å². The number of aromatic nitrogens is 2. The number of likely N-dealkylation sites (N-methyl/N-ethyl adjacent to an activating group) is 1. The molecule has 0 unspecified atom stereocenters. The normalized spacial score (nSPS) is 20.6. The average molecular weight is 341 g/mol. The molecule has 7 heteroatoms. The summed E-state index contributed by atoms with van der Waals surface area (Å²) in [5, 5.41) is 16.5. The van der Waals surface area contributed by atoms with Gasteiger partial charge in [0.1, 0.15) is 11.9 Å². The van der Waals surface area contributed by atoms with Crippen LogP contribution in [0, 0.1) is 17.1 Å². The third-order valence-corrected chi connectivity index (χ3v) is 4.75. The molecule has 0 spiro atoms. The van der Waals surface area contributed by atoms with E-state index in [1.165, 1.54) is 12.1 Å². The van der Waals surface area contributed by atoms with Crippen molar-refractivity contribution in [3.05, 3.63) is 53.1 Å². The number of nitriles is 1. The molecule has 1 aromatic heterocycles. The maximum absolute atomic E-state index is 13.8. The molecule has 1 aliphatic rings. The van der Waals surface area contributed by atoms with E-state index >= 15 is 0 Å². The first kappa shape index (κ1) is 17.1. The predicted molar refractivity (Wildman–Crippen MR) is 89.7 cm³/mol. The Kier molecular flexibility index (Phi) is 4.81. The van der Waals surface area contributed by atoms with Crippen LogP contribution in [0.25, 0.3) is 0 Å². The monoisotopic (exact) mass is 341 g/mol. The van der Waals surface area contributed by atoms with Gasteiger partial charge < -0.3 is 10.2 Å². The number of hydrogen-bond acceptors (Lipinski definition) is 4. The van der Waals surface area contributed by atoms with Gasteiger partial charge in [-0.15, -0.1) is 0 Å². The van der Waals surface area contributed by atoms with Crippen LogP contribution in [0.5, 0.6) is 0 Å². The topological polar surface area (TPSA) is 74.0 Å². The minimum Gasteiger partial charge on any atom is -0.336 e. The van der Waals surface area contributed by atoms with Crippen molar-refractivity contribution in [3.63, 3.8) is 0 Å². The summed E-state index contributed by atoms with van der Waals surface area (Å²) < 4.78 is 15.5. The van der Waals surface area contributed by atoms with Gasteiger partial charge in [-0.2, -0.15) is 10.4 Å². The second-order valence-electron chi connectivity index (χ2n) is 6.28. The summed E-state index contributed by atoms with van der Waals surface area (Å²) in [4.78, 5) is 13.9. The summed E-state index contributed by atoms with van der Waals surface area (Å²) in [5.41, 5.74) is 1.76. The van der Waals surface area contributed by atoms with Gasteiger partial charge in [0.25, 0.3) is 0 Å². The van der Waals surface area contributed by atoms with Crippen molar-refractivity contribution < 1.29 is 9.18 Å². The van der Waals surface area contributed by atoms with Crippen molar-refractivity contribution in [3.8, 4) is 6.07 Å². The van der Waals surface area contributed by atoms with Crippen molar-refractivity contribution in [2.45, 2.75) is 31.5 Å². The molecule has 0 bridgehead atoms. The van der Waals surface area contributed by atoms with Crippen molar-refractivity contribution in [2.24, 2.45) is 7.05 Å². The van der Waals surface area contributed by atoms with Gasteiger partial charge in [0.05, 0.1) is 17.3 Å². The van der Waals surface area contributed by atoms with Crippen LogP contribution in [0.15, 0.2) is 30.5 Å². The van der Waals surface area contributed by atoms with Crippen molar-refractivity contribution in [1.82, 2.24) is 20.0 Å². The quantitative estimate of drug-likeness (QED) is 0.921.